The molecule has 0 saturated carbocycles. The molecule has 1 heterocycles. The highest BCUT2D eigenvalue weighted by Gasteiger charge is 2.32. The summed E-state index contributed by atoms with van der Waals surface area (Å²) in [6.45, 7) is 1.55. The van der Waals surface area contributed by atoms with Crippen LogP contribution in [0.3, 0.4) is 0 Å². The number of alkyl halides is 3. The van der Waals surface area contributed by atoms with Gasteiger partial charge in [-0.15, -0.1) is 0 Å². The van der Waals surface area contributed by atoms with Gasteiger partial charge >= 0.3 is 6.18 Å². The van der Waals surface area contributed by atoms with Gasteiger partial charge in [0.15, 0.2) is 11.6 Å². The zero-order chi connectivity index (χ0) is 25.8. The molecule has 0 saturated heterocycles. The second kappa shape index (κ2) is 10.9. The predicted molar refractivity (Wildman–Crippen MR) is 118 cm³/mol. The summed E-state index contributed by atoms with van der Waals surface area (Å²) in [7, 11) is 1.35. The number of hydrogen-bond acceptors (Lipinski definition) is 3. The maximum Gasteiger partial charge on any atom is 0.433 e. The highest BCUT2D eigenvalue weighted by molar-refractivity contribution is 5.83. The van der Waals surface area contributed by atoms with Crippen LogP contribution in [0.15, 0.2) is 54.7 Å². The van der Waals surface area contributed by atoms with E-state index in [4.69, 9.17) is 0 Å². The summed E-state index contributed by atoms with van der Waals surface area (Å²) >= 11 is 0. The zero-order valence-corrected chi connectivity index (χ0v) is 18.9. The van der Waals surface area contributed by atoms with Gasteiger partial charge < -0.3 is 5.32 Å². The van der Waals surface area contributed by atoms with E-state index in [1.165, 1.54) is 37.4 Å². The van der Waals surface area contributed by atoms with Crippen LogP contribution in [-0.4, -0.2) is 17.9 Å². The number of aryl methyl sites for hydroxylation is 2. The Balaban J connectivity index is 1.93. The molecule has 1 amide bonds. The molecule has 186 valence electrons. The summed E-state index contributed by atoms with van der Waals surface area (Å²) in [5.74, 6) is -3.38. The number of halogens is 6. The van der Waals surface area contributed by atoms with Crippen LogP contribution in [-0.2, 0) is 17.4 Å². The van der Waals surface area contributed by atoms with E-state index in [2.05, 4.69) is 15.6 Å². The van der Waals surface area contributed by atoms with E-state index in [-0.39, 0.29) is 18.4 Å². The number of pyridine rings is 1. The third-order valence-corrected chi connectivity index (χ3v) is 5.59. The van der Waals surface area contributed by atoms with Crippen LogP contribution < -0.4 is 10.6 Å². The van der Waals surface area contributed by atoms with Gasteiger partial charge in [0, 0.05) is 24.8 Å². The number of likely N-dealkylation sites (N-methyl/N-ethyl adjacent to an activating group) is 1. The Morgan fingerprint density at radius 1 is 1.03 bits per heavy atom. The number of benzene rings is 2. The lowest BCUT2D eigenvalue weighted by Crippen LogP contribution is -2.38. The molecule has 10 heteroatoms. The first kappa shape index (κ1) is 26.2. The third-order valence-electron chi connectivity index (χ3n) is 5.59. The lowest BCUT2D eigenvalue weighted by Gasteiger charge is -2.26. The predicted octanol–water partition coefficient (Wildman–Crippen LogP) is 5.58. The number of hydrogen-bond donors (Lipinski definition) is 2. The number of nitrogens with zero attached hydrogens (tertiary/aromatic N) is 1. The van der Waals surface area contributed by atoms with Crippen molar-refractivity contribution in [3.05, 3.63) is 100 Å². The quantitative estimate of drug-likeness (QED) is 0.402. The van der Waals surface area contributed by atoms with E-state index < -0.39 is 47.3 Å². The highest BCUT2D eigenvalue weighted by Crippen LogP contribution is 2.29. The van der Waals surface area contributed by atoms with E-state index in [0.717, 1.165) is 18.3 Å². The Morgan fingerprint density at radius 3 is 2.37 bits per heavy atom. The topological polar surface area (TPSA) is 54.0 Å². The Hall–Kier alpha value is -3.40. The Bertz CT molecular complexity index is 1180. The fraction of sp³-hybridized carbons (Fsp3) is 0.280. The fourth-order valence-corrected chi connectivity index (χ4v) is 3.68. The molecule has 0 aliphatic carbocycles. The first-order valence-corrected chi connectivity index (χ1v) is 10.7. The van der Waals surface area contributed by atoms with Crippen molar-refractivity contribution in [1.82, 2.24) is 15.6 Å². The van der Waals surface area contributed by atoms with E-state index in [1.54, 1.807) is 13.0 Å². The molecule has 0 fully saturated rings. The molecule has 0 aliphatic rings. The average Bonchev–Trinajstić information content (AvgIpc) is 2.82. The Labute approximate surface area is 198 Å². The first-order valence-electron chi connectivity index (χ1n) is 10.7. The van der Waals surface area contributed by atoms with Crippen molar-refractivity contribution in [2.24, 2.45) is 0 Å². The summed E-state index contributed by atoms with van der Waals surface area (Å²) in [6, 6.07) is 7.98. The molecule has 2 aromatic carbocycles. The first-order chi connectivity index (χ1) is 16.5. The minimum absolute atomic E-state index is 0.218. The van der Waals surface area contributed by atoms with E-state index in [0.29, 0.717) is 16.7 Å². The molecule has 3 aromatic rings. The molecule has 0 unspecified atom stereocenters. The lowest BCUT2D eigenvalue weighted by molar-refractivity contribution is -0.141. The van der Waals surface area contributed by atoms with Crippen LogP contribution in [0.5, 0.6) is 0 Å². The van der Waals surface area contributed by atoms with Crippen molar-refractivity contribution in [3.8, 4) is 0 Å². The smallest absolute Gasteiger partial charge is 0.358 e. The Morgan fingerprint density at radius 2 is 1.77 bits per heavy atom. The van der Waals surface area contributed by atoms with Gasteiger partial charge in [-0.3, -0.25) is 15.1 Å². The lowest BCUT2D eigenvalue weighted by atomic mass is 9.95. The molecular formula is C25H23F6N3O. The number of nitrogens with one attached hydrogen (secondary N) is 2. The van der Waals surface area contributed by atoms with Gasteiger partial charge in [-0.25, -0.2) is 13.2 Å². The van der Waals surface area contributed by atoms with Crippen LogP contribution in [0.25, 0.3) is 0 Å². The molecule has 0 bridgehead atoms. The minimum atomic E-state index is -4.57. The van der Waals surface area contributed by atoms with Crippen LogP contribution in [0, 0.1) is 24.4 Å². The van der Waals surface area contributed by atoms with Gasteiger partial charge in [-0.2, -0.15) is 13.2 Å². The fourth-order valence-electron chi connectivity index (χ4n) is 3.68. The second-order valence-electron chi connectivity index (χ2n) is 8.01. The van der Waals surface area contributed by atoms with Crippen LogP contribution in [0.1, 0.15) is 46.5 Å². The Kier molecular flexibility index (Phi) is 8.16. The van der Waals surface area contributed by atoms with Crippen molar-refractivity contribution in [3.63, 3.8) is 0 Å². The van der Waals surface area contributed by atoms with E-state index >= 15 is 0 Å². The number of carbonyl (C=O) groups excluding carboxylic acids is 1. The number of aromatic nitrogens is 1. The summed E-state index contributed by atoms with van der Waals surface area (Å²) in [4.78, 5) is 16.1. The van der Waals surface area contributed by atoms with Crippen molar-refractivity contribution in [1.29, 1.82) is 0 Å². The largest absolute Gasteiger partial charge is 0.433 e. The summed E-state index contributed by atoms with van der Waals surface area (Å²) in [5.41, 5.74) is 0.154. The maximum atomic E-state index is 14.6. The molecule has 4 nitrogen and oxygen atoms in total. The molecule has 2 atom stereocenters. The van der Waals surface area contributed by atoms with E-state index in [1.807, 2.05) is 0 Å². The summed E-state index contributed by atoms with van der Waals surface area (Å²) < 4.78 is 80.7. The maximum absolute atomic E-state index is 14.6. The van der Waals surface area contributed by atoms with Crippen molar-refractivity contribution in [2.45, 2.75) is 38.0 Å². The van der Waals surface area contributed by atoms with Gasteiger partial charge in [0.1, 0.15) is 17.6 Å². The van der Waals surface area contributed by atoms with Crippen molar-refractivity contribution in [2.75, 3.05) is 7.05 Å². The second-order valence-corrected chi connectivity index (χ2v) is 8.01. The number of carbonyl (C=O) groups is 1. The average molecular weight is 495 g/mol. The van der Waals surface area contributed by atoms with Crippen molar-refractivity contribution >= 4 is 5.91 Å². The summed E-state index contributed by atoms with van der Waals surface area (Å²) in [5, 5.41) is 5.43. The molecule has 0 spiro atoms. The van der Waals surface area contributed by atoms with Gasteiger partial charge in [0.2, 0.25) is 5.91 Å². The van der Waals surface area contributed by atoms with Crippen LogP contribution in [0.4, 0.5) is 26.3 Å². The third kappa shape index (κ3) is 6.39. The van der Waals surface area contributed by atoms with Crippen LogP contribution >= 0.6 is 0 Å². The standard InChI is InChI=1S/C25H23F6N3O/c1-14-12-16(8-9-18(14)26)20(10-6-15-7-11-21(33-13-15)25(29,30)31)34-23(24(35)32-2)17-4-3-5-19(27)22(17)28/h3-5,7-9,11-13,20,23,34H,6,10H2,1-2H3,(H,32,35)/t20-,23-/m0/s1. The van der Waals surface area contributed by atoms with Gasteiger partial charge in [-0.1, -0.05) is 30.3 Å². The van der Waals surface area contributed by atoms with Gasteiger partial charge in [0.05, 0.1) is 0 Å². The molecule has 3 rings (SSSR count). The normalized spacial score (nSPS) is 13.4. The minimum Gasteiger partial charge on any atom is -0.358 e. The molecule has 2 N–H and O–H groups in total. The van der Waals surface area contributed by atoms with Crippen molar-refractivity contribution < 1.29 is 31.1 Å². The van der Waals surface area contributed by atoms with Gasteiger partial charge in [0.25, 0.3) is 0 Å². The van der Waals surface area contributed by atoms with E-state index in [9.17, 15) is 31.1 Å². The zero-order valence-electron chi connectivity index (χ0n) is 18.9. The SMILES string of the molecule is CNC(=O)[C@@H](N[C@@H](CCc1ccc(C(F)(F)F)nc1)c1ccc(F)c(C)c1)c1cccc(F)c1F. The van der Waals surface area contributed by atoms with Gasteiger partial charge in [-0.05, 0) is 54.7 Å². The molecule has 0 aliphatic heterocycles. The molecule has 35 heavy (non-hydrogen) atoms. The monoisotopic (exact) mass is 495 g/mol. The molecular weight excluding hydrogens is 472 g/mol. The summed E-state index contributed by atoms with van der Waals surface area (Å²) in [6.07, 6.45) is -2.98. The number of amides is 1. The highest BCUT2D eigenvalue weighted by atomic mass is 19.4. The molecule has 1 aromatic heterocycles. The number of rotatable bonds is 8. The molecule has 0 radical (unpaired) electrons. The van der Waals surface area contributed by atoms with Crippen LogP contribution in [0.2, 0.25) is 0 Å².